The summed E-state index contributed by atoms with van der Waals surface area (Å²) < 4.78 is 32.7. The van der Waals surface area contributed by atoms with Crippen LogP contribution in [-0.2, 0) is 25.5 Å². The van der Waals surface area contributed by atoms with Crippen molar-refractivity contribution in [2.24, 2.45) is 0 Å². The van der Waals surface area contributed by atoms with Crippen molar-refractivity contribution < 1.29 is 22.4 Å². The first-order valence-electron chi connectivity index (χ1n) is 7.35. The van der Waals surface area contributed by atoms with Gasteiger partial charge in [-0.1, -0.05) is 42.5 Å². The van der Waals surface area contributed by atoms with Crippen molar-refractivity contribution in [2.45, 2.75) is 44.2 Å². The number of benzene rings is 1. The van der Waals surface area contributed by atoms with E-state index in [1.807, 2.05) is 30.4 Å². The smallest absolute Gasteiger partial charge is 0.264 e. The number of allylic oxidation sites excluding steroid dienone is 1. The van der Waals surface area contributed by atoms with E-state index in [4.69, 9.17) is 8.92 Å². The average molecular weight is 326 g/mol. The Morgan fingerprint density at radius 1 is 1.32 bits per heavy atom. The normalized spacial score (nSPS) is 25.8. The van der Waals surface area contributed by atoms with E-state index in [-0.39, 0.29) is 6.42 Å². The number of rotatable bonds is 7. The molecule has 1 aliphatic rings. The van der Waals surface area contributed by atoms with E-state index in [0.717, 1.165) is 19.1 Å². The molecule has 0 aliphatic carbocycles. The minimum absolute atomic E-state index is 0.176. The van der Waals surface area contributed by atoms with E-state index in [1.165, 1.54) is 5.56 Å². The van der Waals surface area contributed by atoms with Crippen molar-refractivity contribution in [3.05, 3.63) is 48.0 Å². The van der Waals surface area contributed by atoms with Gasteiger partial charge in [0, 0.05) is 6.42 Å². The second-order valence-corrected chi connectivity index (χ2v) is 7.04. The molecule has 0 radical (unpaired) electrons. The molecule has 0 saturated carbocycles. The molecule has 2 rings (SSSR count). The molecule has 1 saturated heterocycles. The van der Waals surface area contributed by atoms with Gasteiger partial charge in [-0.15, -0.1) is 0 Å². The van der Waals surface area contributed by atoms with Crippen molar-refractivity contribution >= 4 is 10.1 Å². The quantitative estimate of drug-likeness (QED) is 0.613. The summed E-state index contributed by atoms with van der Waals surface area (Å²) in [5.41, 5.74) is 1.28. The second-order valence-electron chi connectivity index (χ2n) is 5.44. The number of hydrogen-bond donors (Lipinski definition) is 1. The second kappa shape index (κ2) is 7.87. The molecule has 122 valence electrons. The Bertz CT molecular complexity index is 582. The van der Waals surface area contributed by atoms with Crippen LogP contribution in [0.5, 0.6) is 0 Å². The number of ether oxygens (including phenoxy) is 1. The molecule has 0 aromatic heterocycles. The summed E-state index contributed by atoms with van der Waals surface area (Å²) in [5.74, 6) is 0. The van der Waals surface area contributed by atoms with Crippen molar-refractivity contribution in [1.82, 2.24) is 0 Å². The predicted octanol–water partition coefficient (Wildman–Crippen LogP) is 2.02. The number of aliphatic hydroxyl groups is 1. The summed E-state index contributed by atoms with van der Waals surface area (Å²) in [7, 11) is -3.55. The maximum atomic E-state index is 11.2. The Morgan fingerprint density at radius 3 is 2.73 bits per heavy atom. The Hall–Kier alpha value is -1.21. The Morgan fingerprint density at radius 2 is 2.05 bits per heavy atom. The third-order valence-corrected chi connectivity index (χ3v) is 4.05. The van der Waals surface area contributed by atoms with E-state index >= 15 is 0 Å². The van der Waals surface area contributed by atoms with E-state index in [0.29, 0.717) is 6.42 Å². The van der Waals surface area contributed by atoms with Crippen LogP contribution in [0.3, 0.4) is 0 Å². The van der Waals surface area contributed by atoms with E-state index in [9.17, 15) is 13.5 Å². The van der Waals surface area contributed by atoms with Gasteiger partial charge >= 0.3 is 0 Å². The van der Waals surface area contributed by atoms with Crippen LogP contribution < -0.4 is 0 Å². The lowest BCUT2D eigenvalue weighted by Gasteiger charge is -2.15. The van der Waals surface area contributed by atoms with E-state index < -0.39 is 28.6 Å². The molecule has 1 N–H and O–H groups in total. The largest absolute Gasteiger partial charge is 0.368 e. The molecule has 3 atom stereocenters. The zero-order valence-electron chi connectivity index (χ0n) is 12.6. The maximum absolute atomic E-state index is 11.2. The highest BCUT2D eigenvalue weighted by molar-refractivity contribution is 7.86. The Balaban J connectivity index is 1.78. The van der Waals surface area contributed by atoms with Gasteiger partial charge in [0.1, 0.15) is 6.10 Å². The van der Waals surface area contributed by atoms with Crippen molar-refractivity contribution in [2.75, 3.05) is 6.26 Å². The van der Waals surface area contributed by atoms with Crippen molar-refractivity contribution in [1.29, 1.82) is 0 Å². The highest BCUT2D eigenvalue weighted by Gasteiger charge is 2.36. The van der Waals surface area contributed by atoms with Crippen LogP contribution in [0.1, 0.15) is 24.8 Å². The van der Waals surface area contributed by atoms with Crippen LogP contribution in [0.25, 0.3) is 0 Å². The molecule has 6 heteroatoms. The van der Waals surface area contributed by atoms with E-state index in [2.05, 4.69) is 12.1 Å². The molecule has 0 spiro atoms. The fraction of sp³-hybridized carbons (Fsp3) is 0.500. The highest BCUT2D eigenvalue weighted by Crippen LogP contribution is 2.25. The molecule has 1 aliphatic heterocycles. The average Bonchev–Trinajstić information content (AvgIpc) is 2.77. The van der Waals surface area contributed by atoms with Crippen LogP contribution in [-0.4, -0.2) is 38.3 Å². The molecule has 1 aromatic rings. The molecule has 22 heavy (non-hydrogen) atoms. The van der Waals surface area contributed by atoms with Gasteiger partial charge in [-0.2, -0.15) is 8.42 Å². The van der Waals surface area contributed by atoms with Gasteiger partial charge in [-0.25, -0.2) is 0 Å². The van der Waals surface area contributed by atoms with Gasteiger partial charge in [0.25, 0.3) is 10.1 Å². The SMILES string of the molecule is CS(=O)(=O)O[C@H]1CC(O)O[C@H]1CC=CCCc1ccccc1. The van der Waals surface area contributed by atoms with Crippen LogP contribution in [0.15, 0.2) is 42.5 Å². The number of hydrogen-bond acceptors (Lipinski definition) is 5. The fourth-order valence-electron chi connectivity index (χ4n) is 2.47. The first-order chi connectivity index (χ1) is 10.4. The van der Waals surface area contributed by atoms with Crippen LogP contribution in [0.4, 0.5) is 0 Å². The zero-order valence-corrected chi connectivity index (χ0v) is 13.4. The van der Waals surface area contributed by atoms with E-state index in [1.54, 1.807) is 0 Å². The standard InChI is InChI=1S/C16H22O5S/c1-22(18,19)21-15-12-16(17)20-14(15)11-7-3-6-10-13-8-4-2-5-9-13/h2-5,7-9,14-17H,6,10-12H2,1H3/t14-,15-,16?/m0/s1. The van der Waals surface area contributed by atoms with Gasteiger partial charge < -0.3 is 9.84 Å². The molecule has 1 heterocycles. The molecular weight excluding hydrogens is 304 g/mol. The molecule has 1 unspecified atom stereocenters. The lowest BCUT2D eigenvalue weighted by molar-refractivity contribution is -0.0925. The molecule has 0 amide bonds. The summed E-state index contributed by atoms with van der Waals surface area (Å²) in [6.07, 6.45) is 5.52. The van der Waals surface area contributed by atoms with Crippen molar-refractivity contribution in [3.63, 3.8) is 0 Å². The predicted molar refractivity (Wildman–Crippen MR) is 83.7 cm³/mol. The molecule has 1 fully saturated rings. The third-order valence-electron chi connectivity index (χ3n) is 3.46. The summed E-state index contributed by atoms with van der Waals surface area (Å²) in [6.45, 7) is 0. The monoisotopic (exact) mass is 326 g/mol. The Kier molecular flexibility index (Phi) is 6.14. The first kappa shape index (κ1) is 17.1. The summed E-state index contributed by atoms with van der Waals surface area (Å²) in [4.78, 5) is 0. The molecule has 0 bridgehead atoms. The maximum Gasteiger partial charge on any atom is 0.264 e. The Labute approximate surface area is 131 Å². The minimum Gasteiger partial charge on any atom is -0.368 e. The minimum atomic E-state index is -3.55. The molecular formula is C16H22O5S. The van der Waals surface area contributed by atoms with Gasteiger partial charge in [0.2, 0.25) is 0 Å². The molecule has 5 nitrogen and oxygen atoms in total. The van der Waals surface area contributed by atoms with Gasteiger partial charge in [-0.05, 0) is 24.8 Å². The van der Waals surface area contributed by atoms with Gasteiger partial charge in [0.05, 0.1) is 12.4 Å². The van der Waals surface area contributed by atoms with Crippen LogP contribution in [0.2, 0.25) is 0 Å². The van der Waals surface area contributed by atoms with Crippen LogP contribution >= 0.6 is 0 Å². The third kappa shape index (κ3) is 5.88. The summed E-state index contributed by atoms with van der Waals surface area (Å²) in [5, 5.41) is 9.50. The lowest BCUT2D eigenvalue weighted by Crippen LogP contribution is -2.26. The summed E-state index contributed by atoms with van der Waals surface area (Å²) >= 11 is 0. The number of aryl methyl sites for hydroxylation is 1. The zero-order chi connectivity index (χ0) is 16.0. The number of aliphatic hydroxyl groups excluding tert-OH is 1. The summed E-state index contributed by atoms with van der Waals surface area (Å²) in [6, 6.07) is 10.2. The topological polar surface area (TPSA) is 72.8 Å². The highest BCUT2D eigenvalue weighted by atomic mass is 32.2. The van der Waals surface area contributed by atoms with Crippen molar-refractivity contribution in [3.8, 4) is 0 Å². The molecule has 1 aromatic carbocycles. The lowest BCUT2D eigenvalue weighted by atomic mass is 10.1. The van der Waals surface area contributed by atoms with Gasteiger partial charge in [-0.3, -0.25) is 4.18 Å². The van der Waals surface area contributed by atoms with Gasteiger partial charge in [0.15, 0.2) is 6.29 Å². The fourth-order valence-corrected chi connectivity index (χ4v) is 3.12. The van der Waals surface area contributed by atoms with Crippen LogP contribution in [0, 0.1) is 0 Å². The first-order valence-corrected chi connectivity index (χ1v) is 9.16.